The van der Waals surface area contributed by atoms with Gasteiger partial charge in [-0.15, -0.1) is 0 Å². The molecule has 0 saturated heterocycles. The second-order valence-electron chi connectivity index (χ2n) is 3.35. The van der Waals surface area contributed by atoms with Crippen molar-refractivity contribution in [3.63, 3.8) is 0 Å². The Morgan fingerprint density at radius 3 is 2.81 bits per heavy atom. The van der Waals surface area contributed by atoms with Crippen molar-refractivity contribution >= 4 is 23.6 Å². The Balaban J connectivity index is 2.78. The quantitative estimate of drug-likeness (QED) is 0.827. The van der Waals surface area contributed by atoms with Gasteiger partial charge in [0.25, 0.3) is 0 Å². The predicted molar refractivity (Wildman–Crippen MR) is 63.5 cm³/mol. The van der Waals surface area contributed by atoms with Gasteiger partial charge < -0.3 is 9.84 Å². The molecule has 1 N–H and O–H groups in total. The Hall–Kier alpha value is -1.48. The van der Waals surface area contributed by atoms with Crippen molar-refractivity contribution in [1.29, 1.82) is 0 Å². The third-order valence-electron chi connectivity index (χ3n) is 2.10. The lowest BCUT2D eigenvalue weighted by Gasteiger charge is -2.03. The summed E-state index contributed by atoms with van der Waals surface area (Å²) in [6, 6.07) is 3.42. The van der Waals surface area contributed by atoms with Crippen molar-refractivity contribution in [1.82, 2.24) is 0 Å². The summed E-state index contributed by atoms with van der Waals surface area (Å²) >= 11 is 5.81. The lowest BCUT2D eigenvalue weighted by atomic mass is 10.1. The minimum absolute atomic E-state index is 0.0896. The summed E-state index contributed by atoms with van der Waals surface area (Å²) in [4.78, 5) is 10.9. The maximum atomic E-state index is 10.9. The van der Waals surface area contributed by atoms with Crippen LogP contribution < -0.4 is 0 Å². The Labute approximate surface area is 99.3 Å². The van der Waals surface area contributed by atoms with Crippen molar-refractivity contribution in [2.45, 2.75) is 13.3 Å². The number of carbonyl (C=O) groups excluding carboxylic acids is 1. The zero-order valence-electron chi connectivity index (χ0n) is 9.16. The zero-order chi connectivity index (χ0) is 12.1. The molecule has 1 aromatic rings. The number of phenols is 1. The molecular weight excluding hydrogens is 228 g/mol. The van der Waals surface area contributed by atoms with Crippen molar-refractivity contribution in [3.8, 4) is 5.75 Å². The number of hydrogen-bond acceptors (Lipinski definition) is 3. The number of ether oxygens (including phenoxy) is 1. The van der Waals surface area contributed by atoms with Gasteiger partial charge in [0.1, 0.15) is 5.75 Å². The van der Waals surface area contributed by atoms with Crippen LogP contribution in [0.2, 0.25) is 5.02 Å². The lowest BCUT2D eigenvalue weighted by molar-refractivity contribution is -0.139. The van der Waals surface area contributed by atoms with E-state index in [-0.39, 0.29) is 18.1 Å². The van der Waals surface area contributed by atoms with Crippen LogP contribution in [0.1, 0.15) is 17.5 Å². The third kappa shape index (κ3) is 3.28. The van der Waals surface area contributed by atoms with Gasteiger partial charge in [-0.05, 0) is 30.2 Å². The third-order valence-corrected chi connectivity index (χ3v) is 2.39. The Morgan fingerprint density at radius 2 is 2.25 bits per heavy atom. The van der Waals surface area contributed by atoms with Crippen LogP contribution in [0.25, 0.3) is 6.08 Å². The zero-order valence-corrected chi connectivity index (χ0v) is 9.91. The molecule has 16 heavy (non-hydrogen) atoms. The highest BCUT2D eigenvalue weighted by Gasteiger charge is 2.03. The SMILES string of the molecule is COC(=O)CC=Cc1cc(C)c(O)c(Cl)c1. The number of aromatic hydroxyl groups is 1. The van der Waals surface area contributed by atoms with E-state index in [1.54, 1.807) is 31.2 Å². The minimum atomic E-state index is -0.294. The molecule has 0 radical (unpaired) electrons. The summed E-state index contributed by atoms with van der Waals surface area (Å²) in [6.45, 7) is 1.76. The standard InChI is InChI=1S/C12H13ClO3/c1-8-6-9(7-10(13)12(8)15)4-3-5-11(14)16-2/h3-4,6-7,15H,5H2,1-2H3. The summed E-state index contributed by atoms with van der Waals surface area (Å²) < 4.78 is 4.50. The summed E-state index contributed by atoms with van der Waals surface area (Å²) in [5.74, 6) is -0.204. The molecule has 0 atom stereocenters. The van der Waals surface area contributed by atoms with Crippen LogP contribution in [0.5, 0.6) is 5.75 Å². The van der Waals surface area contributed by atoms with Gasteiger partial charge in [-0.1, -0.05) is 23.8 Å². The van der Waals surface area contributed by atoms with Crippen LogP contribution in [0.3, 0.4) is 0 Å². The molecule has 1 aromatic carbocycles. The van der Waals surface area contributed by atoms with Crippen LogP contribution in [0, 0.1) is 6.92 Å². The molecule has 1 rings (SSSR count). The number of halogens is 1. The number of hydrogen-bond donors (Lipinski definition) is 1. The van der Waals surface area contributed by atoms with Gasteiger partial charge in [0, 0.05) is 0 Å². The largest absolute Gasteiger partial charge is 0.506 e. The summed E-state index contributed by atoms with van der Waals surface area (Å²) in [6.07, 6.45) is 3.66. The fourth-order valence-electron chi connectivity index (χ4n) is 1.23. The van der Waals surface area contributed by atoms with Crippen LogP contribution >= 0.6 is 11.6 Å². The molecule has 3 nitrogen and oxygen atoms in total. The van der Waals surface area contributed by atoms with Gasteiger partial charge in [0.05, 0.1) is 18.6 Å². The fraction of sp³-hybridized carbons (Fsp3) is 0.250. The Kier molecular flexibility index (Phi) is 4.38. The molecule has 0 aliphatic heterocycles. The minimum Gasteiger partial charge on any atom is -0.506 e. The van der Waals surface area contributed by atoms with Crippen LogP contribution in [0.4, 0.5) is 0 Å². The number of carbonyl (C=O) groups is 1. The van der Waals surface area contributed by atoms with E-state index in [2.05, 4.69) is 4.74 Å². The molecule has 4 heteroatoms. The molecule has 0 amide bonds. The normalized spacial score (nSPS) is 10.7. The first-order valence-electron chi connectivity index (χ1n) is 4.77. The number of benzene rings is 1. The summed E-state index contributed by atoms with van der Waals surface area (Å²) in [5, 5.41) is 9.76. The molecule has 0 aromatic heterocycles. The predicted octanol–water partition coefficient (Wildman–Crippen LogP) is 2.93. The lowest BCUT2D eigenvalue weighted by Crippen LogP contribution is -1.96. The number of rotatable bonds is 3. The number of phenolic OH excluding ortho intramolecular Hbond substituents is 1. The topological polar surface area (TPSA) is 46.5 Å². The van der Waals surface area contributed by atoms with E-state index in [4.69, 9.17) is 11.6 Å². The van der Waals surface area contributed by atoms with E-state index < -0.39 is 0 Å². The van der Waals surface area contributed by atoms with E-state index in [1.807, 2.05) is 0 Å². The first kappa shape index (κ1) is 12.6. The Morgan fingerprint density at radius 1 is 1.56 bits per heavy atom. The van der Waals surface area contributed by atoms with Crippen molar-refractivity contribution in [2.75, 3.05) is 7.11 Å². The van der Waals surface area contributed by atoms with Crippen molar-refractivity contribution in [2.24, 2.45) is 0 Å². The van der Waals surface area contributed by atoms with Gasteiger partial charge in [-0.3, -0.25) is 4.79 Å². The van der Waals surface area contributed by atoms with Gasteiger partial charge in [0.2, 0.25) is 0 Å². The molecule has 0 saturated carbocycles. The molecular formula is C12H13ClO3. The highest BCUT2D eigenvalue weighted by atomic mass is 35.5. The van der Waals surface area contributed by atoms with E-state index >= 15 is 0 Å². The van der Waals surface area contributed by atoms with Gasteiger partial charge in [0.15, 0.2) is 0 Å². The van der Waals surface area contributed by atoms with E-state index in [9.17, 15) is 9.90 Å². The molecule has 0 aliphatic carbocycles. The first-order chi connectivity index (χ1) is 7.54. The van der Waals surface area contributed by atoms with E-state index in [0.717, 1.165) is 5.56 Å². The molecule has 0 unspecified atom stereocenters. The number of esters is 1. The van der Waals surface area contributed by atoms with Crippen molar-refractivity contribution < 1.29 is 14.6 Å². The molecule has 0 fully saturated rings. The second-order valence-corrected chi connectivity index (χ2v) is 3.76. The monoisotopic (exact) mass is 240 g/mol. The van der Waals surface area contributed by atoms with Crippen LogP contribution in [0.15, 0.2) is 18.2 Å². The molecule has 0 aliphatic rings. The van der Waals surface area contributed by atoms with Crippen LogP contribution in [-0.4, -0.2) is 18.2 Å². The van der Waals surface area contributed by atoms with Crippen LogP contribution in [-0.2, 0) is 9.53 Å². The maximum Gasteiger partial charge on any atom is 0.309 e. The highest BCUT2D eigenvalue weighted by Crippen LogP contribution is 2.28. The first-order valence-corrected chi connectivity index (χ1v) is 5.15. The molecule has 0 spiro atoms. The van der Waals surface area contributed by atoms with E-state index in [0.29, 0.717) is 10.6 Å². The van der Waals surface area contributed by atoms with Gasteiger partial charge in [-0.25, -0.2) is 0 Å². The smallest absolute Gasteiger partial charge is 0.309 e. The highest BCUT2D eigenvalue weighted by molar-refractivity contribution is 6.32. The average molecular weight is 241 g/mol. The molecule has 0 heterocycles. The average Bonchev–Trinajstić information content (AvgIpc) is 2.25. The second kappa shape index (κ2) is 5.56. The van der Waals surface area contributed by atoms with Gasteiger partial charge in [-0.2, -0.15) is 0 Å². The fourth-order valence-corrected chi connectivity index (χ4v) is 1.51. The number of methoxy groups -OCH3 is 1. The number of aryl methyl sites for hydroxylation is 1. The molecule has 0 bridgehead atoms. The summed E-state index contributed by atoms with van der Waals surface area (Å²) in [7, 11) is 1.34. The Bertz CT molecular complexity index is 401. The molecule has 86 valence electrons. The van der Waals surface area contributed by atoms with Gasteiger partial charge >= 0.3 is 5.97 Å². The van der Waals surface area contributed by atoms with Crippen molar-refractivity contribution in [3.05, 3.63) is 34.4 Å². The maximum absolute atomic E-state index is 10.9. The summed E-state index contributed by atoms with van der Waals surface area (Å²) in [5.41, 5.74) is 1.54. The van der Waals surface area contributed by atoms with E-state index in [1.165, 1.54) is 7.11 Å².